The van der Waals surface area contributed by atoms with Crippen LogP contribution in [0.2, 0.25) is 0 Å². The molecule has 6 nitrogen and oxygen atoms in total. The summed E-state index contributed by atoms with van der Waals surface area (Å²) in [5, 5.41) is 3.02. The molecule has 1 saturated heterocycles. The van der Waals surface area contributed by atoms with Gasteiger partial charge in [0.2, 0.25) is 11.8 Å². The standard InChI is InChI=1S/C23H27FN2O4/c1-29-20-8-5-17(13-21(20)30-2)15-23(28)26-11-9-19(10-12-26)25-22(27)14-16-3-6-18(24)7-4-16/h3-8,13,19H,9-12,14-15H2,1-2H3,(H,25,27). The second-order valence-electron chi connectivity index (χ2n) is 7.39. The summed E-state index contributed by atoms with van der Waals surface area (Å²) in [5.41, 5.74) is 1.64. The molecule has 1 N–H and O–H groups in total. The van der Waals surface area contributed by atoms with Crippen LogP contribution in [0.1, 0.15) is 24.0 Å². The van der Waals surface area contributed by atoms with E-state index in [1.807, 2.05) is 17.0 Å². The van der Waals surface area contributed by atoms with Crippen LogP contribution < -0.4 is 14.8 Å². The van der Waals surface area contributed by atoms with E-state index in [0.29, 0.717) is 43.9 Å². The second kappa shape index (κ2) is 10.1. The maximum absolute atomic E-state index is 13.0. The highest BCUT2D eigenvalue weighted by atomic mass is 19.1. The number of amides is 2. The van der Waals surface area contributed by atoms with Gasteiger partial charge in [-0.3, -0.25) is 9.59 Å². The van der Waals surface area contributed by atoms with Gasteiger partial charge in [0.1, 0.15) is 5.82 Å². The highest BCUT2D eigenvalue weighted by Crippen LogP contribution is 2.28. The summed E-state index contributed by atoms with van der Waals surface area (Å²) < 4.78 is 23.5. The molecule has 0 spiro atoms. The zero-order valence-electron chi connectivity index (χ0n) is 17.3. The minimum Gasteiger partial charge on any atom is -0.493 e. The molecular formula is C23H27FN2O4. The van der Waals surface area contributed by atoms with E-state index in [4.69, 9.17) is 9.47 Å². The number of piperidine rings is 1. The van der Waals surface area contributed by atoms with Crippen LogP contribution in [0.4, 0.5) is 4.39 Å². The number of carbonyl (C=O) groups excluding carboxylic acids is 2. The van der Waals surface area contributed by atoms with E-state index in [2.05, 4.69) is 5.32 Å². The number of rotatable bonds is 7. The van der Waals surface area contributed by atoms with E-state index < -0.39 is 0 Å². The molecule has 2 aromatic rings. The number of methoxy groups -OCH3 is 2. The van der Waals surface area contributed by atoms with Crippen molar-refractivity contribution >= 4 is 11.8 Å². The first-order valence-electron chi connectivity index (χ1n) is 10.0. The minimum atomic E-state index is -0.315. The topological polar surface area (TPSA) is 67.9 Å². The van der Waals surface area contributed by atoms with Crippen LogP contribution >= 0.6 is 0 Å². The Morgan fingerprint density at radius 1 is 0.967 bits per heavy atom. The van der Waals surface area contributed by atoms with E-state index in [1.54, 1.807) is 32.4 Å². The fourth-order valence-corrected chi connectivity index (χ4v) is 3.62. The Labute approximate surface area is 176 Å². The normalized spacial score (nSPS) is 14.3. The van der Waals surface area contributed by atoms with Crippen molar-refractivity contribution < 1.29 is 23.5 Å². The molecule has 2 aromatic carbocycles. The summed E-state index contributed by atoms with van der Waals surface area (Å²) in [5.74, 6) is 0.885. The van der Waals surface area contributed by atoms with Crippen LogP contribution in [0.25, 0.3) is 0 Å². The Balaban J connectivity index is 1.46. The molecule has 1 fully saturated rings. The van der Waals surface area contributed by atoms with Gasteiger partial charge in [0.05, 0.1) is 27.1 Å². The molecule has 0 radical (unpaired) electrons. The summed E-state index contributed by atoms with van der Waals surface area (Å²) in [6.45, 7) is 1.21. The lowest BCUT2D eigenvalue weighted by Crippen LogP contribution is -2.47. The predicted octanol–water partition coefficient (Wildman–Crippen LogP) is 2.74. The Morgan fingerprint density at radius 2 is 1.60 bits per heavy atom. The fraction of sp³-hybridized carbons (Fsp3) is 0.391. The van der Waals surface area contributed by atoms with Gasteiger partial charge in [-0.2, -0.15) is 0 Å². The van der Waals surface area contributed by atoms with E-state index in [9.17, 15) is 14.0 Å². The van der Waals surface area contributed by atoms with Gasteiger partial charge in [0.25, 0.3) is 0 Å². The largest absolute Gasteiger partial charge is 0.493 e. The Bertz CT molecular complexity index is 877. The molecule has 30 heavy (non-hydrogen) atoms. The summed E-state index contributed by atoms with van der Waals surface area (Å²) in [6.07, 6.45) is 1.94. The van der Waals surface area contributed by atoms with Gasteiger partial charge in [-0.15, -0.1) is 0 Å². The van der Waals surface area contributed by atoms with Gasteiger partial charge < -0.3 is 19.7 Å². The number of hydrogen-bond acceptors (Lipinski definition) is 4. The van der Waals surface area contributed by atoms with Crippen molar-refractivity contribution in [2.24, 2.45) is 0 Å². The summed E-state index contributed by atoms with van der Waals surface area (Å²) in [7, 11) is 3.14. The zero-order chi connectivity index (χ0) is 21.5. The molecule has 0 atom stereocenters. The highest BCUT2D eigenvalue weighted by molar-refractivity contribution is 5.80. The van der Waals surface area contributed by atoms with Crippen LogP contribution in [0.15, 0.2) is 42.5 Å². The first-order valence-corrected chi connectivity index (χ1v) is 10.0. The van der Waals surface area contributed by atoms with Gasteiger partial charge in [-0.05, 0) is 48.2 Å². The third-order valence-electron chi connectivity index (χ3n) is 5.29. The Morgan fingerprint density at radius 3 is 2.23 bits per heavy atom. The van der Waals surface area contributed by atoms with Crippen molar-refractivity contribution in [3.05, 3.63) is 59.4 Å². The molecule has 0 unspecified atom stereocenters. The van der Waals surface area contributed by atoms with Gasteiger partial charge in [0.15, 0.2) is 11.5 Å². The lowest BCUT2D eigenvalue weighted by atomic mass is 10.0. The van der Waals surface area contributed by atoms with Crippen molar-refractivity contribution in [1.82, 2.24) is 10.2 Å². The van der Waals surface area contributed by atoms with E-state index in [-0.39, 0.29) is 30.1 Å². The zero-order valence-corrected chi connectivity index (χ0v) is 17.3. The number of carbonyl (C=O) groups is 2. The van der Waals surface area contributed by atoms with Crippen molar-refractivity contribution in [2.75, 3.05) is 27.3 Å². The molecule has 1 aliphatic rings. The predicted molar refractivity (Wildman–Crippen MR) is 111 cm³/mol. The average molecular weight is 414 g/mol. The number of likely N-dealkylation sites (tertiary alicyclic amines) is 1. The second-order valence-corrected chi connectivity index (χ2v) is 7.39. The SMILES string of the molecule is COc1ccc(CC(=O)N2CCC(NC(=O)Cc3ccc(F)cc3)CC2)cc1OC. The van der Waals surface area contributed by atoms with Gasteiger partial charge in [0, 0.05) is 19.1 Å². The smallest absolute Gasteiger partial charge is 0.226 e. The third kappa shape index (κ3) is 5.72. The molecule has 0 bridgehead atoms. The highest BCUT2D eigenvalue weighted by Gasteiger charge is 2.24. The first-order chi connectivity index (χ1) is 14.5. The van der Waals surface area contributed by atoms with E-state index in [0.717, 1.165) is 11.1 Å². The van der Waals surface area contributed by atoms with Gasteiger partial charge in [-0.25, -0.2) is 4.39 Å². The number of hydrogen-bond donors (Lipinski definition) is 1. The maximum Gasteiger partial charge on any atom is 0.226 e. The molecule has 1 aliphatic heterocycles. The number of benzene rings is 2. The van der Waals surface area contributed by atoms with Crippen molar-refractivity contribution in [2.45, 2.75) is 31.7 Å². The number of nitrogens with zero attached hydrogens (tertiary/aromatic N) is 1. The third-order valence-corrected chi connectivity index (χ3v) is 5.29. The molecule has 0 aliphatic carbocycles. The summed E-state index contributed by atoms with van der Waals surface area (Å²) in [6, 6.07) is 11.5. The fourth-order valence-electron chi connectivity index (χ4n) is 3.62. The minimum absolute atomic E-state index is 0.0445. The molecule has 0 saturated carbocycles. The quantitative estimate of drug-likeness (QED) is 0.757. The molecule has 0 aromatic heterocycles. The van der Waals surface area contributed by atoms with E-state index in [1.165, 1.54) is 12.1 Å². The Hall–Kier alpha value is -3.09. The monoisotopic (exact) mass is 414 g/mol. The van der Waals surface area contributed by atoms with Gasteiger partial charge >= 0.3 is 0 Å². The van der Waals surface area contributed by atoms with E-state index >= 15 is 0 Å². The first kappa shape index (κ1) is 21.6. The number of nitrogens with one attached hydrogen (secondary N) is 1. The van der Waals surface area contributed by atoms with Gasteiger partial charge in [-0.1, -0.05) is 18.2 Å². The molecular weight excluding hydrogens is 387 g/mol. The number of ether oxygens (including phenoxy) is 2. The summed E-state index contributed by atoms with van der Waals surface area (Å²) in [4.78, 5) is 26.7. The van der Waals surface area contributed by atoms with Crippen molar-refractivity contribution in [1.29, 1.82) is 0 Å². The van der Waals surface area contributed by atoms with Crippen LogP contribution in [0.3, 0.4) is 0 Å². The van der Waals surface area contributed by atoms with Crippen LogP contribution in [-0.2, 0) is 22.4 Å². The van der Waals surface area contributed by atoms with Crippen molar-refractivity contribution in [3.8, 4) is 11.5 Å². The Kier molecular flexibility index (Phi) is 7.27. The molecule has 1 heterocycles. The summed E-state index contributed by atoms with van der Waals surface area (Å²) >= 11 is 0. The lowest BCUT2D eigenvalue weighted by Gasteiger charge is -2.32. The average Bonchev–Trinajstić information content (AvgIpc) is 2.75. The molecule has 7 heteroatoms. The maximum atomic E-state index is 13.0. The number of halogens is 1. The molecule has 2 amide bonds. The lowest BCUT2D eigenvalue weighted by molar-refractivity contribution is -0.131. The molecule has 3 rings (SSSR count). The van der Waals surface area contributed by atoms with Crippen molar-refractivity contribution in [3.63, 3.8) is 0 Å². The molecule has 160 valence electrons. The van der Waals surface area contributed by atoms with Crippen LogP contribution in [-0.4, -0.2) is 50.1 Å². The van der Waals surface area contributed by atoms with Crippen LogP contribution in [0, 0.1) is 5.82 Å². The van der Waals surface area contributed by atoms with Crippen LogP contribution in [0.5, 0.6) is 11.5 Å².